The van der Waals surface area contributed by atoms with Crippen LogP contribution in [-0.2, 0) is 24.3 Å². The number of benzene rings is 1. The molecule has 0 saturated carbocycles. The van der Waals surface area contributed by atoms with Gasteiger partial charge in [0.25, 0.3) is 9.05 Å². The highest BCUT2D eigenvalue weighted by atomic mass is 35.7. The molecule has 1 aliphatic heterocycles. The summed E-state index contributed by atoms with van der Waals surface area (Å²) < 4.78 is 46.9. The van der Waals surface area contributed by atoms with Crippen molar-refractivity contribution in [3.05, 3.63) is 22.7 Å². The molecule has 2 rings (SSSR count). The van der Waals surface area contributed by atoms with Gasteiger partial charge in [-0.25, -0.2) is 16.8 Å². The zero-order valence-electron chi connectivity index (χ0n) is 10.3. The minimum Gasteiger partial charge on any atom is -0.224 e. The van der Waals surface area contributed by atoms with Crippen LogP contribution in [0, 0.1) is 0 Å². The minimum absolute atomic E-state index is 0.00683. The number of rotatable bonds is 1. The molecule has 0 N–H and O–H groups in total. The number of hydrogen-bond acceptors (Lipinski definition) is 4. The average Bonchev–Trinajstić information content (AvgIpc) is 2.23. The van der Waals surface area contributed by atoms with Crippen LogP contribution in [0.4, 0.5) is 0 Å². The molecule has 0 atom stereocenters. The molecule has 19 heavy (non-hydrogen) atoms. The summed E-state index contributed by atoms with van der Waals surface area (Å²) in [5.41, 5.74) is 0.159. The third-order valence-electron chi connectivity index (χ3n) is 3.36. The van der Waals surface area contributed by atoms with Crippen molar-refractivity contribution >= 4 is 41.2 Å². The lowest BCUT2D eigenvalue weighted by Gasteiger charge is -2.32. The zero-order valence-corrected chi connectivity index (χ0v) is 13.4. The van der Waals surface area contributed by atoms with Crippen LogP contribution < -0.4 is 0 Å². The molecule has 0 aliphatic carbocycles. The van der Waals surface area contributed by atoms with Gasteiger partial charge in [0.05, 0.1) is 15.7 Å². The number of halogens is 2. The molecule has 8 heteroatoms. The summed E-state index contributed by atoms with van der Waals surface area (Å²) in [5, 5.41) is -0.0566. The molecule has 1 aromatic carbocycles. The Morgan fingerprint density at radius 1 is 1.26 bits per heavy atom. The van der Waals surface area contributed by atoms with Crippen LogP contribution in [0.2, 0.25) is 5.02 Å². The van der Waals surface area contributed by atoms with Crippen molar-refractivity contribution < 1.29 is 16.8 Å². The van der Waals surface area contributed by atoms with Gasteiger partial charge in [-0.15, -0.1) is 0 Å². The Morgan fingerprint density at radius 2 is 1.84 bits per heavy atom. The van der Waals surface area contributed by atoms with Gasteiger partial charge in [-0.1, -0.05) is 25.4 Å². The highest BCUT2D eigenvalue weighted by molar-refractivity contribution is 8.13. The first kappa shape index (κ1) is 15.1. The van der Waals surface area contributed by atoms with Gasteiger partial charge in [0.15, 0.2) is 9.84 Å². The van der Waals surface area contributed by atoms with Gasteiger partial charge in [-0.2, -0.15) is 0 Å². The van der Waals surface area contributed by atoms with Gasteiger partial charge in [-0.05, 0) is 29.5 Å². The van der Waals surface area contributed by atoms with Crippen molar-refractivity contribution in [1.29, 1.82) is 0 Å². The zero-order chi connectivity index (χ0) is 14.6. The van der Waals surface area contributed by atoms with E-state index in [1.807, 2.05) is 13.8 Å². The molecule has 0 spiro atoms. The standard InChI is InChI=1S/C11H12Cl2O4S2/c1-11(2)3-4-18(14,15)9-6-10(19(13,16)17)8(12)5-7(9)11/h5-6H,3-4H2,1-2H3. The second kappa shape index (κ2) is 4.35. The SMILES string of the molecule is CC1(C)CCS(=O)(=O)c2cc(S(=O)(=O)Cl)c(Cl)cc21. The maximum atomic E-state index is 12.1. The summed E-state index contributed by atoms with van der Waals surface area (Å²) in [4.78, 5) is -0.358. The maximum absolute atomic E-state index is 12.1. The summed E-state index contributed by atoms with van der Waals surface area (Å²) in [6.07, 6.45) is 0.464. The molecule has 0 bridgehead atoms. The molecular formula is C11H12Cl2O4S2. The summed E-state index contributed by atoms with van der Waals surface area (Å²) >= 11 is 5.91. The highest BCUT2D eigenvalue weighted by Crippen LogP contribution is 2.42. The Labute approximate surface area is 122 Å². The predicted octanol–water partition coefficient (Wildman–Crippen LogP) is 2.72. The van der Waals surface area contributed by atoms with Crippen LogP contribution in [0.5, 0.6) is 0 Å². The molecule has 0 fully saturated rings. The van der Waals surface area contributed by atoms with E-state index >= 15 is 0 Å². The Kier molecular flexibility index (Phi) is 3.45. The van der Waals surface area contributed by atoms with E-state index in [0.717, 1.165) is 6.07 Å². The Balaban J connectivity index is 2.88. The normalized spacial score (nSPS) is 20.8. The van der Waals surface area contributed by atoms with Crippen molar-refractivity contribution in [3.63, 3.8) is 0 Å². The van der Waals surface area contributed by atoms with E-state index in [1.54, 1.807) is 0 Å². The smallest absolute Gasteiger partial charge is 0.224 e. The van der Waals surface area contributed by atoms with Crippen LogP contribution in [-0.4, -0.2) is 22.6 Å². The number of hydrogen-bond donors (Lipinski definition) is 0. The minimum atomic E-state index is -4.08. The topological polar surface area (TPSA) is 68.3 Å². The number of sulfone groups is 1. The van der Waals surface area contributed by atoms with Gasteiger partial charge < -0.3 is 0 Å². The molecule has 1 heterocycles. The first-order valence-electron chi connectivity index (χ1n) is 5.47. The van der Waals surface area contributed by atoms with E-state index in [-0.39, 0.29) is 26.0 Å². The van der Waals surface area contributed by atoms with Crippen LogP contribution >= 0.6 is 22.3 Å². The largest absolute Gasteiger partial charge is 0.262 e. The van der Waals surface area contributed by atoms with E-state index in [1.165, 1.54) is 6.07 Å². The van der Waals surface area contributed by atoms with E-state index in [9.17, 15) is 16.8 Å². The Hall–Kier alpha value is -0.300. The fraction of sp³-hybridized carbons (Fsp3) is 0.455. The molecule has 1 aromatic rings. The Morgan fingerprint density at radius 3 is 2.37 bits per heavy atom. The lowest BCUT2D eigenvalue weighted by atomic mass is 9.82. The van der Waals surface area contributed by atoms with E-state index in [0.29, 0.717) is 12.0 Å². The maximum Gasteiger partial charge on any atom is 0.262 e. The third-order valence-corrected chi connectivity index (χ3v) is 6.89. The second-order valence-corrected chi connectivity index (χ2v) is 10.2. The molecule has 4 nitrogen and oxygen atoms in total. The average molecular weight is 343 g/mol. The van der Waals surface area contributed by atoms with Crippen molar-refractivity contribution in [2.24, 2.45) is 0 Å². The first-order chi connectivity index (χ1) is 8.45. The number of fused-ring (bicyclic) bond motifs is 1. The summed E-state index contributed by atoms with van der Waals surface area (Å²) in [6, 6.07) is 2.46. The van der Waals surface area contributed by atoms with Crippen molar-refractivity contribution in [2.75, 3.05) is 5.75 Å². The molecule has 0 amide bonds. The summed E-state index contributed by atoms with van der Waals surface area (Å²) in [5.74, 6) is -0.0175. The first-order valence-corrected chi connectivity index (χ1v) is 9.80. The lowest BCUT2D eigenvalue weighted by molar-refractivity contribution is 0.472. The summed E-state index contributed by atoms with van der Waals surface area (Å²) in [6.45, 7) is 3.79. The molecule has 106 valence electrons. The summed E-state index contributed by atoms with van der Waals surface area (Å²) in [7, 11) is -2.31. The van der Waals surface area contributed by atoms with Crippen LogP contribution in [0.3, 0.4) is 0 Å². The van der Waals surface area contributed by atoms with E-state index in [2.05, 4.69) is 0 Å². The monoisotopic (exact) mass is 342 g/mol. The Bertz CT molecular complexity index is 749. The fourth-order valence-corrected chi connectivity index (χ4v) is 5.70. The molecule has 0 aromatic heterocycles. The lowest BCUT2D eigenvalue weighted by Crippen LogP contribution is -2.30. The van der Waals surface area contributed by atoms with Crippen molar-refractivity contribution in [3.8, 4) is 0 Å². The molecular weight excluding hydrogens is 331 g/mol. The molecule has 1 aliphatic rings. The van der Waals surface area contributed by atoms with Crippen LogP contribution in [0.15, 0.2) is 21.9 Å². The molecule has 0 radical (unpaired) electrons. The fourth-order valence-electron chi connectivity index (χ4n) is 2.14. The van der Waals surface area contributed by atoms with Gasteiger partial charge >= 0.3 is 0 Å². The predicted molar refractivity (Wildman–Crippen MR) is 74.2 cm³/mol. The molecule has 0 unspecified atom stereocenters. The van der Waals surface area contributed by atoms with Gasteiger partial charge in [0.2, 0.25) is 0 Å². The quantitative estimate of drug-likeness (QED) is 0.736. The second-order valence-electron chi connectivity index (χ2n) is 5.17. The van der Waals surface area contributed by atoms with Crippen molar-refractivity contribution in [1.82, 2.24) is 0 Å². The van der Waals surface area contributed by atoms with Crippen LogP contribution in [0.25, 0.3) is 0 Å². The van der Waals surface area contributed by atoms with E-state index in [4.69, 9.17) is 22.3 Å². The van der Waals surface area contributed by atoms with Crippen LogP contribution in [0.1, 0.15) is 25.8 Å². The molecule has 0 saturated heterocycles. The van der Waals surface area contributed by atoms with Gasteiger partial charge in [0.1, 0.15) is 4.90 Å². The van der Waals surface area contributed by atoms with Gasteiger partial charge in [0, 0.05) is 10.7 Å². The van der Waals surface area contributed by atoms with E-state index < -0.39 is 18.9 Å². The van der Waals surface area contributed by atoms with Crippen molar-refractivity contribution in [2.45, 2.75) is 35.5 Å². The highest BCUT2D eigenvalue weighted by Gasteiger charge is 2.37. The third kappa shape index (κ3) is 2.63. The van der Waals surface area contributed by atoms with Gasteiger partial charge in [-0.3, -0.25) is 0 Å².